The zero-order valence-corrected chi connectivity index (χ0v) is 12.1. The van der Waals surface area contributed by atoms with E-state index in [2.05, 4.69) is 21.2 Å². The standard InChI is InChI=1S/C15H14BrNO2/c1-10-5-6-13(15(18)19)14(7-10)17-9-11-3-2-4-12(16)8-11/h2-8,17H,9H2,1H3,(H,18,19). The van der Waals surface area contributed by atoms with E-state index in [0.717, 1.165) is 15.6 Å². The molecule has 0 fully saturated rings. The minimum Gasteiger partial charge on any atom is -0.478 e. The molecule has 0 heterocycles. The number of carbonyl (C=O) groups is 1. The zero-order chi connectivity index (χ0) is 13.8. The number of benzene rings is 2. The van der Waals surface area contributed by atoms with Crippen molar-refractivity contribution in [3.05, 3.63) is 63.6 Å². The highest BCUT2D eigenvalue weighted by molar-refractivity contribution is 9.10. The largest absolute Gasteiger partial charge is 0.478 e. The normalized spacial score (nSPS) is 10.2. The highest BCUT2D eigenvalue weighted by Gasteiger charge is 2.09. The van der Waals surface area contributed by atoms with Gasteiger partial charge in [0.25, 0.3) is 0 Å². The van der Waals surface area contributed by atoms with Gasteiger partial charge < -0.3 is 10.4 Å². The molecule has 3 nitrogen and oxygen atoms in total. The third-order valence-corrected chi connectivity index (χ3v) is 3.27. The first-order valence-electron chi connectivity index (χ1n) is 5.88. The van der Waals surface area contributed by atoms with Gasteiger partial charge in [-0.2, -0.15) is 0 Å². The van der Waals surface area contributed by atoms with E-state index in [0.29, 0.717) is 17.8 Å². The molecule has 0 saturated carbocycles. The van der Waals surface area contributed by atoms with Gasteiger partial charge in [-0.1, -0.05) is 34.1 Å². The second kappa shape index (κ2) is 5.89. The minimum absolute atomic E-state index is 0.292. The molecule has 2 N–H and O–H groups in total. The summed E-state index contributed by atoms with van der Waals surface area (Å²) in [6.07, 6.45) is 0. The molecule has 0 aliphatic heterocycles. The molecule has 0 radical (unpaired) electrons. The van der Waals surface area contributed by atoms with E-state index >= 15 is 0 Å². The van der Waals surface area contributed by atoms with Crippen molar-refractivity contribution in [1.29, 1.82) is 0 Å². The van der Waals surface area contributed by atoms with Crippen LogP contribution in [0.15, 0.2) is 46.9 Å². The number of rotatable bonds is 4. The van der Waals surface area contributed by atoms with Gasteiger partial charge in [0, 0.05) is 16.7 Å². The van der Waals surface area contributed by atoms with E-state index in [1.165, 1.54) is 0 Å². The van der Waals surface area contributed by atoms with Crippen LogP contribution in [0.1, 0.15) is 21.5 Å². The Hall–Kier alpha value is -1.81. The van der Waals surface area contributed by atoms with E-state index in [1.807, 2.05) is 37.3 Å². The highest BCUT2D eigenvalue weighted by atomic mass is 79.9. The summed E-state index contributed by atoms with van der Waals surface area (Å²) in [5.41, 5.74) is 3.06. The molecule has 0 bridgehead atoms. The van der Waals surface area contributed by atoms with Crippen molar-refractivity contribution < 1.29 is 9.90 Å². The number of hydrogen-bond acceptors (Lipinski definition) is 2. The number of anilines is 1. The zero-order valence-electron chi connectivity index (χ0n) is 10.5. The second-order valence-corrected chi connectivity index (χ2v) is 5.25. The van der Waals surface area contributed by atoms with Gasteiger partial charge in [0.2, 0.25) is 0 Å². The summed E-state index contributed by atoms with van der Waals surface area (Å²) in [6, 6.07) is 13.2. The van der Waals surface area contributed by atoms with Crippen LogP contribution < -0.4 is 5.32 Å². The van der Waals surface area contributed by atoms with Crippen LogP contribution in [0.5, 0.6) is 0 Å². The first kappa shape index (κ1) is 13.6. The molecule has 0 amide bonds. The minimum atomic E-state index is -0.920. The molecule has 0 atom stereocenters. The predicted octanol–water partition coefficient (Wildman–Crippen LogP) is 4.07. The van der Waals surface area contributed by atoms with Crippen LogP contribution in [-0.4, -0.2) is 11.1 Å². The van der Waals surface area contributed by atoms with Gasteiger partial charge in [0.15, 0.2) is 0 Å². The predicted molar refractivity (Wildman–Crippen MR) is 79.6 cm³/mol. The molecule has 0 aromatic heterocycles. The number of aryl methyl sites for hydroxylation is 1. The van der Waals surface area contributed by atoms with Crippen molar-refractivity contribution in [3.8, 4) is 0 Å². The van der Waals surface area contributed by atoms with Gasteiger partial charge in [0.1, 0.15) is 0 Å². The molecule has 2 aromatic carbocycles. The average molecular weight is 320 g/mol. The van der Waals surface area contributed by atoms with Gasteiger partial charge in [-0.15, -0.1) is 0 Å². The monoisotopic (exact) mass is 319 g/mol. The summed E-state index contributed by atoms with van der Waals surface area (Å²) in [7, 11) is 0. The number of halogens is 1. The molecule has 0 spiro atoms. The molecular weight excluding hydrogens is 306 g/mol. The fourth-order valence-corrected chi connectivity index (χ4v) is 2.28. The summed E-state index contributed by atoms with van der Waals surface area (Å²) < 4.78 is 1.01. The van der Waals surface area contributed by atoms with Crippen molar-refractivity contribution in [2.24, 2.45) is 0 Å². The van der Waals surface area contributed by atoms with Crippen LogP contribution in [0.2, 0.25) is 0 Å². The molecule has 0 unspecified atom stereocenters. The van der Waals surface area contributed by atoms with E-state index in [9.17, 15) is 4.79 Å². The Labute approximate surface area is 120 Å². The summed E-state index contributed by atoms with van der Waals surface area (Å²) in [6.45, 7) is 2.53. The first-order valence-corrected chi connectivity index (χ1v) is 6.68. The summed E-state index contributed by atoms with van der Waals surface area (Å²) in [5.74, 6) is -0.920. The number of hydrogen-bond donors (Lipinski definition) is 2. The Kier molecular flexibility index (Phi) is 4.22. The molecule has 19 heavy (non-hydrogen) atoms. The maximum absolute atomic E-state index is 11.2. The Bertz CT molecular complexity index is 611. The third-order valence-electron chi connectivity index (χ3n) is 2.78. The second-order valence-electron chi connectivity index (χ2n) is 4.34. The Balaban J connectivity index is 2.19. The van der Waals surface area contributed by atoms with E-state index in [1.54, 1.807) is 12.1 Å². The van der Waals surface area contributed by atoms with Crippen molar-refractivity contribution in [2.45, 2.75) is 13.5 Å². The molecule has 98 valence electrons. The van der Waals surface area contributed by atoms with Crippen molar-refractivity contribution in [2.75, 3.05) is 5.32 Å². The number of nitrogens with one attached hydrogen (secondary N) is 1. The van der Waals surface area contributed by atoms with Gasteiger partial charge in [-0.25, -0.2) is 4.79 Å². The Morgan fingerprint density at radius 2 is 2.05 bits per heavy atom. The lowest BCUT2D eigenvalue weighted by Crippen LogP contribution is -2.06. The summed E-state index contributed by atoms with van der Waals surface area (Å²) in [5, 5.41) is 12.3. The summed E-state index contributed by atoms with van der Waals surface area (Å²) in [4.78, 5) is 11.2. The molecule has 2 aromatic rings. The van der Waals surface area contributed by atoms with Gasteiger partial charge in [-0.05, 0) is 42.3 Å². The van der Waals surface area contributed by atoms with Crippen molar-refractivity contribution >= 4 is 27.6 Å². The highest BCUT2D eigenvalue weighted by Crippen LogP contribution is 2.19. The maximum Gasteiger partial charge on any atom is 0.337 e. The lowest BCUT2D eigenvalue weighted by molar-refractivity contribution is 0.0698. The Morgan fingerprint density at radius 3 is 2.74 bits per heavy atom. The van der Waals surface area contributed by atoms with E-state index in [4.69, 9.17) is 5.11 Å². The quantitative estimate of drug-likeness (QED) is 0.893. The van der Waals surface area contributed by atoms with Crippen molar-refractivity contribution in [3.63, 3.8) is 0 Å². The topological polar surface area (TPSA) is 49.3 Å². The molecule has 0 aliphatic rings. The maximum atomic E-state index is 11.2. The summed E-state index contributed by atoms with van der Waals surface area (Å²) >= 11 is 3.42. The van der Waals surface area contributed by atoms with Crippen LogP contribution in [0.4, 0.5) is 5.69 Å². The average Bonchev–Trinajstić information content (AvgIpc) is 2.36. The number of carboxylic acid groups (broad SMARTS) is 1. The lowest BCUT2D eigenvalue weighted by Gasteiger charge is -2.11. The first-order chi connectivity index (χ1) is 9.06. The van der Waals surface area contributed by atoms with Gasteiger partial charge >= 0.3 is 5.97 Å². The molecular formula is C15H14BrNO2. The number of aromatic carboxylic acids is 1. The van der Waals surface area contributed by atoms with Crippen molar-refractivity contribution in [1.82, 2.24) is 0 Å². The van der Waals surface area contributed by atoms with Crippen LogP contribution in [-0.2, 0) is 6.54 Å². The smallest absolute Gasteiger partial charge is 0.337 e. The van der Waals surface area contributed by atoms with Gasteiger partial charge in [0.05, 0.1) is 5.56 Å². The van der Waals surface area contributed by atoms with E-state index in [-0.39, 0.29) is 0 Å². The molecule has 2 rings (SSSR count). The van der Waals surface area contributed by atoms with E-state index < -0.39 is 5.97 Å². The molecule has 0 aliphatic carbocycles. The van der Waals surface area contributed by atoms with Crippen LogP contribution in [0.3, 0.4) is 0 Å². The van der Waals surface area contributed by atoms with Crippen LogP contribution >= 0.6 is 15.9 Å². The SMILES string of the molecule is Cc1ccc(C(=O)O)c(NCc2cccc(Br)c2)c1. The lowest BCUT2D eigenvalue weighted by atomic mass is 10.1. The number of carboxylic acids is 1. The fraction of sp³-hybridized carbons (Fsp3) is 0.133. The fourth-order valence-electron chi connectivity index (χ4n) is 1.84. The third kappa shape index (κ3) is 3.58. The van der Waals surface area contributed by atoms with Crippen LogP contribution in [0, 0.1) is 6.92 Å². The Morgan fingerprint density at radius 1 is 1.26 bits per heavy atom. The molecule has 4 heteroatoms. The van der Waals surface area contributed by atoms with Crippen LogP contribution in [0.25, 0.3) is 0 Å². The molecule has 0 saturated heterocycles. The van der Waals surface area contributed by atoms with Gasteiger partial charge in [-0.3, -0.25) is 0 Å².